The first kappa shape index (κ1) is 10.8. The highest BCUT2D eigenvalue weighted by molar-refractivity contribution is 6.08. The summed E-state index contributed by atoms with van der Waals surface area (Å²) < 4.78 is 0. The Bertz CT molecular complexity index is 593. The maximum atomic E-state index is 12.4. The normalized spacial score (nSPS) is 14.4. The molecule has 1 heterocycles. The summed E-state index contributed by atoms with van der Waals surface area (Å²) in [5.41, 5.74) is 2.52. The largest absolute Gasteiger partial charge is 0.508 e. The molecule has 0 aliphatic carbocycles. The van der Waals surface area contributed by atoms with Crippen molar-refractivity contribution in [3.05, 3.63) is 59.7 Å². The summed E-state index contributed by atoms with van der Waals surface area (Å²) in [5.74, 6) is 0.220. The molecule has 0 bridgehead atoms. The molecule has 0 atom stereocenters. The number of hydrogen-bond donors (Lipinski definition) is 1. The van der Waals surface area contributed by atoms with Crippen LogP contribution in [0.3, 0.4) is 0 Å². The van der Waals surface area contributed by atoms with Crippen LogP contribution in [-0.2, 0) is 6.42 Å². The van der Waals surface area contributed by atoms with E-state index in [0.717, 1.165) is 17.7 Å². The second-order valence-corrected chi connectivity index (χ2v) is 4.38. The number of hydrogen-bond acceptors (Lipinski definition) is 2. The molecule has 1 N–H and O–H groups in total. The van der Waals surface area contributed by atoms with E-state index in [1.807, 2.05) is 30.3 Å². The zero-order valence-corrected chi connectivity index (χ0v) is 9.84. The van der Waals surface area contributed by atoms with Crippen LogP contribution in [0.1, 0.15) is 15.9 Å². The molecule has 0 saturated carbocycles. The highest BCUT2D eigenvalue weighted by Crippen LogP contribution is 2.26. The molecule has 3 heteroatoms. The monoisotopic (exact) mass is 239 g/mol. The third-order valence-electron chi connectivity index (χ3n) is 3.24. The Morgan fingerprint density at radius 1 is 1.06 bits per heavy atom. The van der Waals surface area contributed by atoms with Gasteiger partial charge in [-0.15, -0.1) is 0 Å². The number of phenols is 1. The van der Waals surface area contributed by atoms with Crippen LogP contribution in [0, 0.1) is 0 Å². The van der Waals surface area contributed by atoms with Crippen molar-refractivity contribution in [3.63, 3.8) is 0 Å². The van der Waals surface area contributed by atoms with Crippen molar-refractivity contribution in [2.24, 2.45) is 0 Å². The molecule has 2 aromatic rings. The van der Waals surface area contributed by atoms with Gasteiger partial charge < -0.3 is 10.0 Å². The topological polar surface area (TPSA) is 40.5 Å². The third-order valence-corrected chi connectivity index (χ3v) is 3.24. The lowest BCUT2D eigenvalue weighted by Gasteiger charge is -2.28. The first-order chi connectivity index (χ1) is 8.75. The molecular formula is C15H13NO2. The minimum atomic E-state index is 0.00227. The molecule has 0 saturated heterocycles. The van der Waals surface area contributed by atoms with Gasteiger partial charge >= 0.3 is 0 Å². The molecule has 0 radical (unpaired) electrons. The summed E-state index contributed by atoms with van der Waals surface area (Å²) in [4.78, 5) is 14.1. The van der Waals surface area contributed by atoms with Gasteiger partial charge in [0.15, 0.2) is 0 Å². The summed E-state index contributed by atoms with van der Waals surface area (Å²) in [5, 5.41) is 9.43. The van der Waals surface area contributed by atoms with Crippen LogP contribution < -0.4 is 4.90 Å². The fraction of sp³-hybridized carbons (Fsp3) is 0.133. The molecule has 0 unspecified atom stereocenters. The minimum absolute atomic E-state index is 0.00227. The maximum absolute atomic E-state index is 12.4. The second kappa shape index (κ2) is 4.18. The summed E-state index contributed by atoms with van der Waals surface area (Å²) in [6.07, 6.45) is 0.768. The number of fused-ring (bicyclic) bond motifs is 1. The minimum Gasteiger partial charge on any atom is -0.508 e. The summed E-state index contributed by atoms with van der Waals surface area (Å²) in [6, 6.07) is 14.6. The van der Waals surface area contributed by atoms with Crippen molar-refractivity contribution in [1.29, 1.82) is 0 Å². The Labute approximate surface area is 105 Å². The number of amides is 1. The average Bonchev–Trinajstić information content (AvgIpc) is 2.40. The quantitative estimate of drug-likeness (QED) is 0.831. The fourth-order valence-corrected chi connectivity index (χ4v) is 2.33. The Hall–Kier alpha value is -2.29. The van der Waals surface area contributed by atoms with E-state index in [0.29, 0.717) is 12.1 Å². The molecule has 3 nitrogen and oxygen atoms in total. The van der Waals surface area contributed by atoms with E-state index in [2.05, 4.69) is 0 Å². The van der Waals surface area contributed by atoms with Crippen molar-refractivity contribution >= 4 is 11.6 Å². The van der Waals surface area contributed by atoms with Crippen molar-refractivity contribution in [1.82, 2.24) is 0 Å². The van der Waals surface area contributed by atoms with Crippen molar-refractivity contribution in [2.45, 2.75) is 6.42 Å². The molecular weight excluding hydrogens is 226 g/mol. The predicted molar refractivity (Wildman–Crippen MR) is 69.9 cm³/mol. The molecule has 0 spiro atoms. The molecule has 0 aromatic heterocycles. The van der Waals surface area contributed by atoms with Crippen LogP contribution in [0.15, 0.2) is 48.5 Å². The molecule has 1 aliphatic rings. The van der Waals surface area contributed by atoms with Gasteiger partial charge in [0.2, 0.25) is 0 Å². The first-order valence-corrected chi connectivity index (χ1v) is 5.94. The molecule has 1 aliphatic heterocycles. The first-order valence-electron chi connectivity index (χ1n) is 5.94. The molecule has 3 rings (SSSR count). The van der Waals surface area contributed by atoms with E-state index in [4.69, 9.17) is 0 Å². The molecule has 18 heavy (non-hydrogen) atoms. The number of benzene rings is 2. The maximum Gasteiger partial charge on any atom is 0.258 e. The van der Waals surface area contributed by atoms with Crippen LogP contribution >= 0.6 is 0 Å². The number of anilines is 1. The van der Waals surface area contributed by atoms with Gasteiger partial charge in [-0.2, -0.15) is 0 Å². The number of para-hydroxylation sites is 1. The van der Waals surface area contributed by atoms with Crippen LogP contribution in [0.2, 0.25) is 0 Å². The van der Waals surface area contributed by atoms with Crippen LogP contribution in [0.4, 0.5) is 5.69 Å². The Morgan fingerprint density at radius 3 is 2.61 bits per heavy atom. The number of nitrogens with zero attached hydrogens (tertiary/aromatic N) is 1. The van der Waals surface area contributed by atoms with E-state index >= 15 is 0 Å². The van der Waals surface area contributed by atoms with Gasteiger partial charge in [0.1, 0.15) is 5.75 Å². The number of carbonyl (C=O) groups excluding carboxylic acids is 1. The van der Waals surface area contributed by atoms with E-state index in [-0.39, 0.29) is 11.7 Å². The standard InChI is InChI=1S/C15H13NO2/c17-13-6-7-14-11(10-13)8-9-16(15(14)18)12-4-2-1-3-5-12/h1-7,10,17H,8-9H2. The van der Waals surface area contributed by atoms with Crippen LogP contribution in [-0.4, -0.2) is 17.6 Å². The Balaban J connectivity index is 2.00. The van der Waals surface area contributed by atoms with Gasteiger partial charge in [-0.3, -0.25) is 4.79 Å². The van der Waals surface area contributed by atoms with Gasteiger partial charge in [-0.1, -0.05) is 18.2 Å². The Morgan fingerprint density at radius 2 is 1.83 bits per heavy atom. The third kappa shape index (κ3) is 1.74. The second-order valence-electron chi connectivity index (χ2n) is 4.38. The van der Waals surface area contributed by atoms with Gasteiger partial charge in [0.05, 0.1) is 0 Å². The summed E-state index contributed by atoms with van der Waals surface area (Å²) in [6.45, 7) is 0.652. The number of carbonyl (C=O) groups is 1. The van der Waals surface area contributed by atoms with E-state index < -0.39 is 0 Å². The van der Waals surface area contributed by atoms with Crippen molar-refractivity contribution < 1.29 is 9.90 Å². The van der Waals surface area contributed by atoms with E-state index in [9.17, 15) is 9.90 Å². The molecule has 2 aromatic carbocycles. The van der Waals surface area contributed by atoms with Gasteiger partial charge in [-0.25, -0.2) is 0 Å². The predicted octanol–water partition coefficient (Wildman–Crippen LogP) is 2.60. The van der Waals surface area contributed by atoms with Crippen LogP contribution in [0.25, 0.3) is 0 Å². The average molecular weight is 239 g/mol. The number of phenolic OH excluding ortho intramolecular Hbond substituents is 1. The highest BCUT2D eigenvalue weighted by Gasteiger charge is 2.25. The van der Waals surface area contributed by atoms with Gasteiger partial charge in [-0.05, 0) is 42.3 Å². The van der Waals surface area contributed by atoms with E-state index in [1.54, 1.807) is 23.1 Å². The van der Waals surface area contributed by atoms with E-state index in [1.165, 1.54) is 0 Å². The number of rotatable bonds is 1. The fourth-order valence-electron chi connectivity index (χ4n) is 2.33. The molecule has 90 valence electrons. The smallest absolute Gasteiger partial charge is 0.258 e. The van der Waals surface area contributed by atoms with Crippen LogP contribution in [0.5, 0.6) is 5.75 Å². The zero-order chi connectivity index (χ0) is 12.5. The lowest BCUT2D eigenvalue weighted by Crippen LogP contribution is -2.37. The summed E-state index contributed by atoms with van der Waals surface area (Å²) >= 11 is 0. The van der Waals surface area contributed by atoms with Gasteiger partial charge in [0, 0.05) is 17.8 Å². The van der Waals surface area contributed by atoms with Crippen molar-refractivity contribution in [2.75, 3.05) is 11.4 Å². The van der Waals surface area contributed by atoms with Gasteiger partial charge in [0.25, 0.3) is 5.91 Å². The molecule has 0 fully saturated rings. The van der Waals surface area contributed by atoms with Crippen molar-refractivity contribution in [3.8, 4) is 5.75 Å². The number of aromatic hydroxyl groups is 1. The zero-order valence-electron chi connectivity index (χ0n) is 9.84. The molecule has 1 amide bonds. The lowest BCUT2D eigenvalue weighted by molar-refractivity contribution is 0.0980. The lowest BCUT2D eigenvalue weighted by atomic mass is 9.98. The SMILES string of the molecule is O=C1c2ccc(O)cc2CCN1c1ccccc1. The summed E-state index contributed by atoms with van der Waals surface area (Å²) in [7, 11) is 0. The highest BCUT2D eigenvalue weighted by atomic mass is 16.3. The Kier molecular flexibility index (Phi) is 2.52.